The van der Waals surface area contributed by atoms with Crippen LogP contribution in [-0.4, -0.2) is 37.7 Å². The number of nitrogens with zero attached hydrogens (tertiary/aromatic N) is 1. The molecule has 0 amide bonds. The molecule has 4 nitrogen and oxygen atoms in total. The van der Waals surface area contributed by atoms with E-state index < -0.39 is 0 Å². The Hall–Kier alpha value is -1.55. The van der Waals surface area contributed by atoms with Crippen LogP contribution < -0.4 is 4.74 Å². The molecule has 1 rings (SSSR count). The van der Waals surface area contributed by atoms with Gasteiger partial charge >= 0.3 is 5.97 Å². The van der Waals surface area contributed by atoms with Crippen LogP contribution in [0, 0.1) is 0 Å². The van der Waals surface area contributed by atoms with Gasteiger partial charge in [0, 0.05) is 6.54 Å². The predicted octanol–water partition coefficient (Wildman–Crippen LogP) is 2.86. The second-order valence-corrected chi connectivity index (χ2v) is 4.82. The van der Waals surface area contributed by atoms with Crippen molar-refractivity contribution in [3.8, 4) is 5.75 Å². The van der Waals surface area contributed by atoms with Crippen LogP contribution >= 0.6 is 0 Å². The van der Waals surface area contributed by atoms with E-state index in [1.165, 1.54) is 0 Å². The lowest BCUT2D eigenvalue weighted by molar-refractivity contribution is -0.149. The number of likely N-dealkylation sites (N-methyl/N-ethyl adjacent to an activating group) is 1. The quantitative estimate of drug-likeness (QED) is 0.686. The lowest BCUT2D eigenvalue weighted by Gasteiger charge is -2.26. The molecule has 0 aliphatic carbocycles. The van der Waals surface area contributed by atoms with Crippen molar-refractivity contribution in [2.75, 3.05) is 20.8 Å². The highest BCUT2D eigenvalue weighted by molar-refractivity contribution is 5.75. The SMILES string of the molecule is CCCC(C(=O)OCC)N(C)Cc1ccc(OC)cc1. The number of rotatable bonds is 8. The molecule has 0 aromatic heterocycles. The predicted molar refractivity (Wildman–Crippen MR) is 79.8 cm³/mol. The third-order valence-corrected chi connectivity index (χ3v) is 3.24. The lowest BCUT2D eigenvalue weighted by Crippen LogP contribution is -2.39. The minimum Gasteiger partial charge on any atom is -0.497 e. The van der Waals surface area contributed by atoms with Gasteiger partial charge in [-0.15, -0.1) is 0 Å². The van der Waals surface area contributed by atoms with Crippen LogP contribution in [-0.2, 0) is 16.1 Å². The standard InChI is InChI=1S/C16H25NO3/c1-5-7-15(16(18)20-6-2)17(3)12-13-8-10-14(19-4)11-9-13/h8-11,15H,5-7,12H2,1-4H3. The third kappa shape index (κ3) is 4.85. The van der Waals surface area contributed by atoms with Crippen molar-refractivity contribution in [2.24, 2.45) is 0 Å². The van der Waals surface area contributed by atoms with Crippen LogP contribution in [0.1, 0.15) is 32.3 Å². The average Bonchev–Trinajstić information content (AvgIpc) is 2.45. The van der Waals surface area contributed by atoms with Crippen molar-refractivity contribution >= 4 is 5.97 Å². The first kappa shape index (κ1) is 16.5. The molecule has 0 radical (unpaired) electrons. The Morgan fingerprint density at radius 2 is 1.90 bits per heavy atom. The van der Waals surface area contributed by atoms with E-state index in [1.54, 1.807) is 7.11 Å². The highest BCUT2D eigenvalue weighted by Gasteiger charge is 2.23. The minimum absolute atomic E-state index is 0.134. The van der Waals surface area contributed by atoms with Crippen LogP contribution in [0.5, 0.6) is 5.75 Å². The Morgan fingerprint density at radius 3 is 2.40 bits per heavy atom. The molecule has 0 spiro atoms. The topological polar surface area (TPSA) is 38.8 Å². The van der Waals surface area contributed by atoms with Crippen LogP contribution in [0.25, 0.3) is 0 Å². The zero-order valence-corrected chi connectivity index (χ0v) is 12.9. The molecular weight excluding hydrogens is 254 g/mol. The van der Waals surface area contributed by atoms with Gasteiger partial charge < -0.3 is 9.47 Å². The summed E-state index contributed by atoms with van der Waals surface area (Å²) < 4.78 is 10.3. The lowest BCUT2D eigenvalue weighted by atomic mass is 10.1. The summed E-state index contributed by atoms with van der Waals surface area (Å²) >= 11 is 0. The molecule has 1 aromatic rings. The van der Waals surface area contributed by atoms with Crippen molar-refractivity contribution in [1.82, 2.24) is 4.90 Å². The summed E-state index contributed by atoms with van der Waals surface area (Å²) in [6.45, 7) is 5.06. The molecule has 1 atom stereocenters. The Bertz CT molecular complexity index is 403. The second kappa shape index (κ2) is 8.59. The fraction of sp³-hybridized carbons (Fsp3) is 0.562. The molecular formula is C16H25NO3. The number of methoxy groups -OCH3 is 1. The zero-order chi connectivity index (χ0) is 15.0. The van der Waals surface area contributed by atoms with Crippen LogP contribution in [0.4, 0.5) is 0 Å². The summed E-state index contributed by atoms with van der Waals surface area (Å²) in [5.41, 5.74) is 1.15. The first-order valence-corrected chi connectivity index (χ1v) is 7.12. The third-order valence-electron chi connectivity index (χ3n) is 3.24. The van der Waals surface area contributed by atoms with Gasteiger partial charge in [0.05, 0.1) is 13.7 Å². The van der Waals surface area contributed by atoms with Gasteiger partial charge in [-0.05, 0) is 38.1 Å². The van der Waals surface area contributed by atoms with E-state index in [0.717, 1.165) is 24.2 Å². The number of hydrogen-bond donors (Lipinski definition) is 0. The average molecular weight is 279 g/mol. The summed E-state index contributed by atoms with van der Waals surface area (Å²) in [6, 6.07) is 7.72. The Kier molecular flexibility index (Phi) is 7.09. The molecule has 0 saturated heterocycles. The number of carbonyl (C=O) groups excluding carboxylic acids is 1. The Balaban J connectivity index is 2.68. The van der Waals surface area contributed by atoms with Gasteiger partial charge in [0.1, 0.15) is 11.8 Å². The zero-order valence-electron chi connectivity index (χ0n) is 12.9. The molecule has 0 saturated carbocycles. The van der Waals surface area contributed by atoms with E-state index in [4.69, 9.17) is 9.47 Å². The van der Waals surface area contributed by atoms with Crippen LogP contribution in [0.15, 0.2) is 24.3 Å². The van der Waals surface area contributed by atoms with Crippen molar-refractivity contribution in [2.45, 2.75) is 39.3 Å². The van der Waals surface area contributed by atoms with Gasteiger partial charge in [0.2, 0.25) is 0 Å². The number of ether oxygens (including phenoxy) is 2. The van der Waals surface area contributed by atoms with Crippen molar-refractivity contribution < 1.29 is 14.3 Å². The van der Waals surface area contributed by atoms with Crippen molar-refractivity contribution in [1.29, 1.82) is 0 Å². The van der Waals surface area contributed by atoms with Crippen molar-refractivity contribution in [3.63, 3.8) is 0 Å². The van der Waals surface area contributed by atoms with Gasteiger partial charge in [-0.25, -0.2) is 0 Å². The molecule has 0 heterocycles. The van der Waals surface area contributed by atoms with E-state index in [2.05, 4.69) is 6.92 Å². The molecule has 0 fully saturated rings. The summed E-state index contributed by atoms with van der Waals surface area (Å²) in [5, 5.41) is 0. The van der Waals surface area contributed by atoms with Crippen LogP contribution in [0.2, 0.25) is 0 Å². The minimum atomic E-state index is -0.179. The molecule has 112 valence electrons. The Labute approximate surface area is 121 Å². The first-order chi connectivity index (χ1) is 9.62. The first-order valence-electron chi connectivity index (χ1n) is 7.12. The van der Waals surface area contributed by atoms with Gasteiger partial charge in [0.25, 0.3) is 0 Å². The highest BCUT2D eigenvalue weighted by atomic mass is 16.5. The van der Waals surface area contributed by atoms with E-state index >= 15 is 0 Å². The number of esters is 1. The number of carbonyl (C=O) groups is 1. The normalized spacial score (nSPS) is 12.2. The van der Waals surface area contributed by atoms with E-state index in [0.29, 0.717) is 13.2 Å². The molecule has 0 aliphatic heterocycles. The number of hydrogen-bond acceptors (Lipinski definition) is 4. The molecule has 1 aromatic carbocycles. The van der Waals surface area contributed by atoms with Crippen molar-refractivity contribution in [3.05, 3.63) is 29.8 Å². The van der Waals surface area contributed by atoms with Gasteiger partial charge in [-0.3, -0.25) is 9.69 Å². The largest absolute Gasteiger partial charge is 0.497 e. The highest BCUT2D eigenvalue weighted by Crippen LogP contribution is 2.15. The van der Waals surface area contributed by atoms with Gasteiger partial charge in [0.15, 0.2) is 0 Å². The maximum Gasteiger partial charge on any atom is 0.323 e. The second-order valence-electron chi connectivity index (χ2n) is 4.82. The maximum atomic E-state index is 12.0. The van der Waals surface area contributed by atoms with Crippen LogP contribution in [0.3, 0.4) is 0 Å². The fourth-order valence-electron chi connectivity index (χ4n) is 2.16. The molecule has 4 heteroatoms. The summed E-state index contributed by atoms with van der Waals surface area (Å²) in [6.07, 6.45) is 1.77. The van der Waals surface area contributed by atoms with Gasteiger partial charge in [-0.1, -0.05) is 25.5 Å². The molecule has 0 bridgehead atoms. The molecule has 0 N–H and O–H groups in total. The summed E-state index contributed by atoms with van der Waals surface area (Å²) in [4.78, 5) is 14.0. The van der Waals surface area contributed by atoms with E-state index in [-0.39, 0.29) is 12.0 Å². The number of benzene rings is 1. The summed E-state index contributed by atoms with van der Waals surface area (Å²) in [5.74, 6) is 0.706. The molecule has 1 unspecified atom stereocenters. The van der Waals surface area contributed by atoms with Gasteiger partial charge in [-0.2, -0.15) is 0 Å². The van der Waals surface area contributed by atoms with E-state index in [1.807, 2.05) is 43.1 Å². The maximum absolute atomic E-state index is 12.0. The molecule has 20 heavy (non-hydrogen) atoms. The monoisotopic (exact) mass is 279 g/mol. The summed E-state index contributed by atoms with van der Waals surface area (Å²) in [7, 11) is 3.61. The Morgan fingerprint density at radius 1 is 1.25 bits per heavy atom. The fourth-order valence-corrected chi connectivity index (χ4v) is 2.16. The molecule has 0 aliphatic rings. The smallest absolute Gasteiger partial charge is 0.323 e. The van der Waals surface area contributed by atoms with E-state index in [9.17, 15) is 4.79 Å².